The summed E-state index contributed by atoms with van der Waals surface area (Å²) in [6, 6.07) is 7.06. The molecule has 5 nitrogen and oxygen atoms in total. The highest BCUT2D eigenvalue weighted by atomic mass is 16.4. The van der Waals surface area contributed by atoms with E-state index in [1.807, 2.05) is 0 Å². The molecule has 1 heterocycles. The van der Waals surface area contributed by atoms with Gasteiger partial charge in [-0.25, -0.2) is 0 Å². The Labute approximate surface area is 99.0 Å². The molecule has 1 aliphatic rings. The Balaban J connectivity index is 2.52. The highest BCUT2D eigenvalue weighted by Gasteiger charge is 2.48. The summed E-state index contributed by atoms with van der Waals surface area (Å²) in [7, 11) is 1.62. The first-order chi connectivity index (χ1) is 8.00. The molecule has 0 bridgehead atoms. The maximum absolute atomic E-state index is 12.1. The lowest BCUT2D eigenvalue weighted by molar-refractivity contribution is -0.135. The first kappa shape index (κ1) is 11.6. The largest absolute Gasteiger partial charge is 0.411 e. The third kappa shape index (κ3) is 1.59. The summed E-state index contributed by atoms with van der Waals surface area (Å²) in [6.07, 6.45) is -0.0102. The molecule has 1 amide bonds. The summed E-state index contributed by atoms with van der Waals surface area (Å²) in [4.78, 5) is 13.5. The minimum absolute atomic E-state index is 0.0102. The second kappa shape index (κ2) is 3.85. The van der Waals surface area contributed by atoms with E-state index in [0.717, 1.165) is 0 Å². The summed E-state index contributed by atoms with van der Waals surface area (Å²) in [5, 5.41) is 22.2. The van der Waals surface area contributed by atoms with Crippen LogP contribution in [-0.4, -0.2) is 29.0 Å². The zero-order valence-corrected chi connectivity index (χ0v) is 9.71. The maximum atomic E-state index is 12.1. The predicted octanol–water partition coefficient (Wildman–Crippen LogP) is 1.09. The fourth-order valence-corrected chi connectivity index (χ4v) is 2.19. The van der Waals surface area contributed by atoms with Gasteiger partial charge in [0.1, 0.15) is 0 Å². The Morgan fingerprint density at radius 3 is 2.76 bits per heavy atom. The molecule has 1 aliphatic heterocycles. The fourth-order valence-electron chi connectivity index (χ4n) is 2.19. The average Bonchev–Trinajstić information content (AvgIpc) is 2.53. The monoisotopic (exact) mass is 234 g/mol. The number of likely N-dealkylation sites (N-methyl/N-ethyl adjacent to an activating group) is 1. The van der Waals surface area contributed by atoms with Crippen LogP contribution in [0.2, 0.25) is 0 Å². The minimum atomic E-state index is -1.62. The number of nitrogens with zero attached hydrogens (tertiary/aromatic N) is 2. The van der Waals surface area contributed by atoms with Gasteiger partial charge in [-0.05, 0) is 13.0 Å². The van der Waals surface area contributed by atoms with Crippen molar-refractivity contribution in [2.24, 2.45) is 5.16 Å². The fraction of sp³-hybridized carbons (Fsp3) is 0.333. The third-order valence-electron chi connectivity index (χ3n) is 3.05. The van der Waals surface area contributed by atoms with Crippen LogP contribution in [-0.2, 0) is 10.4 Å². The van der Waals surface area contributed by atoms with Crippen molar-refractivity contribution in [1.29, 1.82) is 0 Å². The number of carbonyl (C=O) groups is 1. The summed E-state index contributed by atoms with van der Waals surface area (Å²) in [5.41, 5.74) is -0.0750. The van der Waals surface area contributed by atoms with Crippen LogP contribution >= 0.6 is 0 Å². The SMILES string of the molecule is C/C(CC1(O)C(=O)N(C)c2ccccc21)=N/O. The van der Waals surface area contributed by atoms with E-state index in [-0.39, 0.29) is 6.42 Å². The van der Waals surface area contributed by atoms with Gasteiger partial charge in [0.25, 0.3) is 5.91 Å². The Morgan fingerprint density at radius 1 is 1.47 bits per heavy atom. The number of benzene rings is 1. The van der Waals surface area contributed by atoms with Crippen LogP contribution in [0.5, 0.6) is 0 Å². The number of amides is 1. The van der Waals surface area contributed by atoms with Crippen molar-refractivity contribution in [2.75, 3.05) is 11.9 Å². The van der Waals surface area contributed by atoms with Gasteiger partial charge in [-0.3, -0.25) is 4.79 Å². The van der Waals surface area contributed by atoms with Crippen LogP contribution in [0.3, 0.4) is 0 Å². The minimum Gasteiger partial charge on any atom is -0.411 e. The predicted molar refractivity (Wildman–Crippen MR) is 63.3 cm³/mol. The maximum Gasteiger partial charge on any atom is 0.263 e. The van der Waals surface area contributed by atoms with Crippen LogP contribution < -0.4 is 4.90 Å². The van der Waals surface area contributed by atoms with E-state index in [0.29, 0.717) is 17.0 Å². The van der Waals surface area contributed by atoms with E-state index in [4.69, 9.17) is 5.21 Å². The molecule has 0 fully saturated rings. The average molecular weight is 234 g/mol. The molecule has 1 aromatic rings. The van der Waals surface area contributed by atoms with Gasteiger partial charge in [0, 0.05) is 19.0 Å². The van der Waals surface area contributed by atoms with Gasteiger partial charge < -0.3 is 15.2 Å². The Morgan fingerprint density at radius 2 is 2.12 bits per heavy atom. The molecule has 0 saturated carbocycles. The highest BCUT2D eigenvalue weighted by molar-refractivity contribution is 6.08. The Kier molecular flexibility index (Phi) is 2.63. The van der Waals surface area contributed by atoms with Crippen molar-refractivity contribution in [3.8, 4) is 0 Å². The molecule has 2 rings (SSSR count). The molecule has 1 aromatic carbocycles. The molecular weight excluding hydrogens is 220 g/mol. The first-order valence-electron chi connectivity index (χ1n) is 5.28. The van der Waals surface area contributed by atoms with E-state index in [2.05, 4.69) is 5.16 Å². The molecular formula is C12H14N2O3. The van der Waals surface area contributed by atoms with Gasteiger partial charge in [0.15, 0.2) is 5.60 Å². The van der Waals surface area contributed by atoms with Crippen molar-refractivity contribution in [3.63, 3.8) is 0 Å². The number of aliphatic hydroxyl groups is 1. The van der Waals surface area contributed by atoms with Crippen molar-refractivity contribution >= 4 is 17.3 Å². The molecule has 1 unspecified atom stereocenters. The third-order valence-corrected chi connectivity index (χ3v) is 3.05. The summed E-state index contributed by atoms with van der Waals surface area (Å²) in [6.45, 7) is 1.56. The van der Waals surface area contributed by atoms with Crippen molar-refractivity contribution < 1.29 is 15.1 Å². The molecule has 0 radical (unpaired) electrons. The number of fused-ring (bicyclic) bond motifs is 1. The zero-order valence-electron chi connectivity index (χ0n) is 9.71. The van der Waals surface area contributed by atoms with Crippen LogP contribution in [0.4, 0.5) is 5.69 Å². The zero-order chi connectivity index (χ0) is 12.6. The number of hydrogen-bond acceptors (Lipinski definition) is 4. The normalized spacial score (nSPS) is 24.1. The quantitative estimate of drug-likeness (QED) is 0.457. The molecule has 0 aromatic heterocycles. The number of para-hydroxylation sites is 1. The molecule has 1 atom stereocenters. The number of oxime groups is 1. The molecule has 0 saturated heterocycles. The van der Waals surface area contributed by atoms with E-state index >= 15 is 0 Å². The molecule has 5 heteroatoms. The van der Waals surface area contributed by atoms with Crippen molar-refractivity contribution in [2.45, 2.75) is 18.9 Å². The number of hydrogen-bond donors (Lipinski definition) is 2. The number of rotatable bonds is 2. The second-order valence-corrected chi connectivity index (χ2v) is 4.25. The van der Waals surface area contributed by atoms with E-state index in [9.17, 15) is 9.90 Å². The smallest absolute Gasteiger partial charge is 0.263 e. The Bertz CT molecular complexity index is 498. The van der Waals surface area contributed by atoms with Gasteiger partial charge >= 0.3 is 0 Å². The van der Waals surface area contributed by atoms with Gasteiger partial charge in [-0.2, -0.15) is 0 Å². The lowest BCUT2D eigenvalue weighted by atomic mass is 9.90. The number of carbonyl (C=O) groups excluding carboxylic acids is 1. The summed E-state index contributed by atoms with van der Waals surface area (Å²) >= 11 is 0. The molecule has 0 spiro atoms. The molecule has 2 N–H and O–H groups in total. The Hall–Kier alpha value is -1.88. The molecule has 90 valence electrons. The van der Waals surface area contributed by atoms with Crippen molar-refractivity contribution in [3.05, 3.63) is 29.8 Å². The second-order valence-electron chi connectivity index (χ2n) is 4.25. The van der Waals surface area contributed by atoms with Gasteiger partial charge in [-0.1, -0.05) is 23.4 Å². The van der Waals surface area contributed by atoms with Crippen LogP contribution in [0.1, 0.15) is 18.9 Å². The summed E-state index contributed by atoms with van der Waals surface area (Å²) < 4.78 is 0. The van der Waals surface area contributed by atoms with Crippen molar-refractivity contribution in [1.82, 2.24) is 0 Å². The topological polar surface area (TPSA) is 73.1 Å². The van der Waals surface area contributed by atoms with E-state index in [1.54, 1.807) is 38.2 Å². The molecule has 17 heavy (non-hydrogen) atoms. The van der Waals surface area contributed by atoms with Gasteiger partial charge in [-0.15, -0.1) is 0 Å². The van der Waals surface area contributed by atoms with Crippen LogP contribution in [0.15, 0.2) is 29.4 Å². The highest BCUT2D eigenvalue weighted by Crippen LogP contribution is 2.41. The van der Waals surface area contributed by atoms with E-state index < -0.39 is 11.5 Å². The standard InChI is InChI=1S/C12H14N2O3/c1-8(13-17)7-12(16)9-5-3-4-6-10(9)14(2)11(12)15/h3-6,16-17H,7H2,1-2H3/b13-8-. The van der Waals surface area contributed by atoms with E-state index in [1.165, 1.54) is 4.90 Å². The lowest BCUT2D eigenvalue weighted by Crippen LogP contribution is -2.39. The van der Waals surface area contributed by atoms with Gasteiger partial charge in [0.05, 0.1) is 11.4 Å². The van der Waals surface area contributed by atoms with Crippen LogP contribution in [0, 0.1) is 0 Å². The number of anilines is 1. The van der Waals surface area contributed by atoms with Crippen LogP contribution in [0.25, 0.3) is 0 Å². The summed E-state index contributed by atoms with van der Waals surface area (Å²) in [5.74, 6) is -0.401. The first-order valence-corrected chi connectivity index (χ1v) is 5.28. The molecule has 0 aliphatic carbocycles. The lowest BCUT2D eigenvalue weighted by Gasteiger charge is -2.21. The van der Waals surface area contributed by atoms with Gasteiger partial charge in [0.2, 0.25) is 0 Å².